The Kier molecular flexibility index (Phi) is 10.7. The van der Waals surface area contributed by atoms with E-state index in [0.717, 1.165) is 17.4 Å². The molecule has 0 saturated heterocycles. The number of rotatable bonds is 5. The van der Waals surface area contributed by atoms with E-state index in [-0.39, 0.29) is 0 Å². The van der Waals surface area contributed by atoms with Gasteiger partial charge >= 0.3 is 0 Å². The highest BCUT2D eigenvalue weighted by Gasteiger charge is 1.97. The lowest BCUT2D eigenvalue weighted by Crippen LogP contribution is -1.86. The molecule has 1 rings (SSSR count). The maximum Gasteiger partial charge on any atom is 0.145 e. The summed E-state index contributed by atoms with van der Waals surface area (Å²) in [5.41, 5.74) is 3.16. The van der Waals surface area contributed by atoms with Crippen LogP contribution < -0.4 is 0 Å². The van der Waals surface area contributed by atoms with Crippen LogP contribution in [0.2, 0.25) is 0 Å². The molecule has 0 aromatic heterocycles. The predicted molar refractivity (Wildman–Crippen MR) is 98.0 cm³/mol. The number of hydrogen-bond donors (Lipinski definition) is 0. The second kappa shape index (κ2) is 11.4. The van der Waals surface area contributed by atoms with E-state index >= 15 is 0 Å². The van der Waals surface area contributed by atoms with Crippen LogP contribution in [0, 0.1) is 0 Å². The van der Waals surface area contributed by atoms with Crippen molar-refractivity contribution < 1.29 is 4.79 Å². The number of carbonyl (C=O) groups excluding carboxylic acids is 1. The summed E-state index contributed by atoms with van der Waals surface area (Å²) in [5, 5.41) is 0.685. The topological polar surface area (TPSA) is 17.1 Å². The van der Waals surface area contributed by atoms with Gasteiger partial charge in [-0.25, -0.2) is 0 Å². The first kappa shape index (κ1) is 19.7. The van der Waals surface area contributed by atoms with Crippen molar-refractivity contribution in [2.75, 3.05) is 6.26 Å². The summed E-state index contributed by atoms with van der Waals surface area (Å²) in [6.45, 7) is 10.4. The van der Waals surface area contributed by atoms with Gasteiger partial charge in [0.25, 0.3) is 0 Å². The first-order valence-electron chi connectivity index (χ1n) is 7.33. The molecule has 1 aromatic carbocycles. The van der Waals surface area contributed by atoms with Crippen molar-refractivity contribution in [2.45, 2.75) is 45.8 Å². The Bertz CT molecular complexity index is 455. The van der Waals surface area contributed by atoms with Gasteiger partial charge in [-0.15, -0.1) is 0 Å². The van der Waals surface area contributed by atoms with Gasteiger partial charge in [0.1, 0.15) is 6.29 Å². The highest BCUT2D eigenvalue weighted by molar-refractivity contribution is 7.99. The standard InChI is InChI=1S/C13H16O.C6H12S/c1-10(2)13-6-4-12(5-7-13)8-11(3)9-14;1-4-5-6(2)7-3/h4-10H,1-3H3;4-6H,1-3H3/b11-8-;. The fraction of sp³-hybridized carbons (Fsp3) is 0.421. The van der Waals surface area contributed by atoms with Crippen molar-refractivity contribution >= 4 is 24.1 Å². The average molecular weight is 304 g/mol. The lowest BCUT2D eigenvalue weighted by Gasteiger charge is -2.04. The Morgan fingerprint density at radius 1 is 1.14 bits per heavy atom. The van der Waals surface area contributed by atoms with Crippen LogP contribution in [0.15, 0.2) is 42.0 Å². The van der Waals surface area contributed by atoms with E-state index in [1.807, 2.05) is 43.8 Å². The van der Waals surface area contributed by atoms with Crippen LogP contribution >= 0.6 is 11.8 Å². The Labute approximate surface area is 134 Å². The Hall–Kier alpha value is -1.28. The molecule has 0 bridgehead atoms. The second-order valence-electron chi connectivity index (χ2n) is 5.29. The van der Waals surface area contributed by atoms with Gasteiger partial charge in [-0.2, -0.15) is 11.8 Å². The third kappa shape index (κ3) is 9.30. The molecule has 116 valence electrons. The van der Waals surface area contributed by atoms with Gasteiger partial charge in [-0.1, -0.05) is 50.3 Å². The van der Waals surface area contributed by atoms with E-state index in [1.165, 1.54) is 5.56 Å². The van der Waals surface area contributed by atoms with Gasteiger partial charge in [0, 0.05) is 5.25 Å². The number of allylic oxidation sites excluding steroid dienone is 2. The van der Waals surface area contributed by atoms with Crippen molar-refractivity contribution in [1.29, 1.82) is 0 Å². The van der Waals surface area contributed by atoms with Gasteiger partial charge in [0.05, 0.1) is 0 Å². The molecule has 1 unspecified atom stereocenters. The van der Waals surface area contributed by atoms with E-state index in [1.54, 1.807) is 0 Å². The molecular formula is C19H28OS. The van der Waals surface area contributed by atoms with Crippen molar-refractivity contribution in [3.05, 3.63) is 53.1 Å². The molecule has 0 aliphatic carbocycles. The zero-order valence-electron chi connectivity index (χ0n) is 14.1. The third-order valence-electron chi connectivity index (χ3n) is 3.02. The minimum absolute atomic E-state index is 0.556. The number of benzene rings is 1. The number of carbonyl (C=O) groups is 1. The van der Waals surface area contributed by atoms with Crippen LogP contribution in [0.25, 0.3) is 6.08 Å². The van der Waals surface area contributed by atoms with E-state index in [9.17, 15) is 4.79 Å². The molecule has 0 saturated carbocycles. The summed E-state index contributed by atoms with van der Waals surface area (Å²) in [7, 11) is 0. The Morgan fingerprint density at radius 2 is 1.71 bits per heavy atom. The van der Waals surface area contributed by atoms with E-state index in [4.69, 9.17) is 0 Å². The molecule has 21 heavy (non-hydrogen) atoms. The van der Waals surface area contributed by atoms with Crippen LogP contribution in [0.1, 0.15) is 51.7 Å². The van der Waals surface area contributed by atoms with E-state index in [2.05, 4.69) is 51.3 Å². The molecule has 0 aliphatic rings. The molecule has 2 heteroatoms. The van der Waals surface area contributed by atoms with E-state index in [0.29, 0.717) is 11.2 Å². The number of hydrogen-bond acceptors (Lipinski definition) is 2. The summed E-state index contributed by atoms with van der Waals surface area (Å²) < 4.78 is 0. The molecule has 0 amide bonds. The monoisotopic (exact) mass is 304 g/mol. The fourth-order valence-corrected chi connectivity index (χ4v) is 1.94. The van der Waals surface area contributed by atoms with Gasteiger partial charge in [-0.05, 0) is 55.7 Å². The van der Waals surface area contributed by atoms with Crippen LogP contribution in [0.4, 0.5) is 0 Å². The lowest BCUT2D eigenvalue weighted by atomic mass is 10.0. The van der Waals surface area contributed by atoms with Crippen molar-refractivity contribution in [3.8, 4) is 0 Å². The molecule has 1 nitrogen and oxygen atoms in total. The third-order valence-corrected chi connectivity index (χ3v) is 3.92. The minimum Gasteiger partial charge on any atom is -0.298 e. The molecule has 0 radical (unpaired) electrons. The summed E-state index contributed by atoms with van der Waals surface area (Å²) in [6, 6.07) is 8.30. The van der Waals surface area contributed by atoms with Gasteiger partial charge in [0.15, 0.2) is 0 Å². The van der Waals surface area contributed by atoms with E-state index < -0.39 is 0 Å². The zero-order valence-corrected chi connectivity index (χ0v) is 14.9. The quantitative estimate of drug-likeness (QED) is 0.393. The van der Waals surface area contributed by atoms with Gasteiger partial charge in [-0.3, -0.25) is 4.79 Å². The number of thioether (sulfide) groups is 1. The summed E-state index contributed by atoms with van der Waals surface area (Å²) in [4.78, 5) is 10.4. The van der Waals surface area contributed by atoms with Gasteiger partial charge < -0.3 is 0 Å². The summed E-state index contributed by atoms with van der Waals surface area (Å²) in [6.07, 6.45) is 9.14. The summed E-state index contributed by atoms with van der Waals surface area (Å²) >= 11 is 1.86. The first-order chi connectivity index (χ1) is 9.94. The minimum atomic E-state index is 0.556. The molecular weight excluding hydrogens is 276 g/mol. The smallest absolute Gasteiger partial charge is 0.145 e. The van der Waals surface area contributed by atoms with Crippen LogP contribution in [-0.4, -0.2) is 17.8 Å². The molecule has 0 fully saturated rings. The Morgan fingerprint density at radius 3 is 2.05 bits per heavy atom. The van der Waals surface area contributed by atoms with Crippen molar-refractivity contribution in [1.82, 2.24) is 0 Å². The molecule has 0 heterocycles. The lowest BCUT2D eigenvalue weighted by molar-refractivity contribution is -0.104. The largest absolute Gasteiger partial charge is 0.298 e. The molecule has 0 N–H and O–H groups in total. The predicted octanol–water partition coefficient (Wildman–Crippen LogP) is 5.73. The Balaban J connectivity index is 0.000000486. The molecule has 0 aliphatic heterocycles. The van der Waals surface area contributed by atoms with Crippen molar-refractivity contribution in [2.24, 2.45) is 0 Å². The van der Waals surface area contributed by atoms with Gasteiger partial charge in [0.2, 0.25) is 0 Å². The average Bonchev–Trinajstić information content (AvgIpc) is 2.48. The number of aldehydes is 1. The normalized spacial score (nSPS) is 13.0. The zero-order chi connectivity index (χ0) is 16.3. The maximum atomic E-state index is 10.4. The van der Waals surface area contributed by atoms with Crippen LogP contribution in [-0.2, 0) is 4.79 Å². The second-order valence-corrected chi connectivity index (χ2v) is 6.51. The molecule has 1 atom stereocenters. The SMILES string of the molecule is C/C(C=O)=C/c1ccc(C(C)C)cc1.CC=CC(C)SC. The van der Waals surface area contributed by atoms with Crippen LogP contribution in [0.5, 0.6) is 0 Å². The maximum absolute atomic E-state index is 10.4. The van der Waals surface area contributed by atoms with Crippen LogP contribution in [0.3, 0.4) is 0 Å². The first-order valence-corrected chi connectivity index (χ1v) is 8.62. The highest BCUT2D eigenvalue weighted by Crippen LogP contribution is 2.15. The highest BCUT2D eigenvalue weighted by atomic mass is 32.2. The fourth-order valence-electron chi connectivity index (χ4n) is 1.62. The molecule has 0 spiro atoms. The molecule has 1 aromatic rings. The summed E-state index contributed by atoms with van der Waals surface area (Å²) in [5.74, 6) is 0.556. The van der Waals surface area contributed by atoms with Crippen molar-refractivity contribution in [3.63, 3.8) is 0 Å².